The molecule has 0 radical (unpaired) electrons. The number of rotatable bonds is 9. The average Bonchev–Trinajstić information content (AvgIpc) is 3.40. The molecular weight excluding hydrogens is 482 g/mol. The van der Waals surface area contributed by atoms with E-state index >= 15 is 0 Å². The molecule has 1 aliphatic heterocycles. The second-order valence-corrected chi connectivity index (χ2v) is 10.3. The van der Waals surface area contributed by atoms with Gasteiger partial charge in [-0.1, -0.05) is 62.4 Å². The van der Waals surface area contributed by atoms with Crippen LogP contribution in [0.25, 0.3) is 11.3 Å². The van der Waals surface area contributed by atoms with Crippen molar-refractivity contribution in [2.45, 2.75) is 58.7 Å². The number of nitrogens with zero attached hydrogens (tertiary/aromatic N) is 2. The van der Waals surface area contributed by atoms with Crippen LogP contribution in [-0.4, -0.2) is 40.5 Å². The van der Waals surface area contributed by atoms with E-state index in [1.54, 1.807) is 0 Å². The lowest BCUT2D eigenvalue weighted by Gasteiger charge is -2.31. The Bertz CT molecular complexity index is 1300. The summed E-state index contributed by atoms with van der Waals surface area (Å²) in [7, 11) is 0. The number of nitrogens with one attached hydrogen (secondary N) is 3. The highest BCUT2D eigenvalue weighted by Crippen LogP contribution is 2.39. The van der Waals surface area contributed by atoms with Crippen molar-refractivity contribution >= 4 is 18.0 Å². The third-order valence-corrected chi connectivity index (χ3v) is 6.51. The predicted octanol–water partition coefficient (Wildman–Crippen LogP) is 5.13. The lowest BCUT2D eigenvalue weighted by Crippen LogP contribution is -2.45. The predicted molar refractivity (Wildman–Crippen MR) is 144 cm³/mol. The molecule has 1 aromatic heterocycles. The van der Waals surface area contributed by atoms with Gasteiger partial charge in [-0.3, -0.25) is 15.1 Å². The Morgan fingerprint density at radius 1 is 1.16 bits per heavy atom. The minimum absolute atomic E-state index is 0.0429. The van der Waals surface area contributed by atoms with E-state index in [2.05, 4.69) is 15.6 Å². The van der Waals surface area contributed by atoms with Crippen molar-refractivity contribution in [2.24, 2.45) is 5.92 Å². The van der Waals surface area contributed by atoms with Crippen LogP contribution in [0, 0.1) is 18.3 Å². The van der Waals surface area contributed by atoms with E-state index in [0.29, 0.717) is 17.7 Å². The lowest BCUT2D eigenvalue weighted by molar-refractivity contribution is -0.134. The van der Waals surface area contributed by atoms with Crippen molar-refractivity contribution in [3.8, 4) is 11.3 Å². The maximum absolute atomic E-state index is 14.3. The molecule has 9 nitrogen and oxygen atoms in total. The van der Waals surface area contributed by atoms with Crippen molar-refractivity contribution < 1.29 is 18.7 Å². The van der Waals surface area contributed by atoms with Crippen LogP contribution in [0.4, 0.5) is 4.79 Å². The molecule has 4 rings (SSSR count). The van der Waals surface area contributed by atoms with Crippen LogP contribution < -0.4 is 10.6 Å². The summed E-state index contributed by atoms with van der Waals surface area (Å²) >= 11 is 0. The molecule has 0 bridgehead atoms. The molecule has 3 aromatic rings. The number of guanidine groups is 1. The molecular formula is C29H35N5O4. The quantitative estimate of drug-likeness (QED) is 0.362. The summed E-state index contributed by atoms with van der Waals surface area (Å²) in [5, 5.41) is 14.8. The molecule has 0 unspecified atom stereocenters. The van der Waals surface area contributed by atoms with Crippen LogP contribution >= 0.6 is 0 Å². The second-order valence-electron chi connectivity index (χ2n) is 10.3. The van der Waals surface area contributed by atoms with E-state index in [1.165, 1.54) is 11.3 Å². The highest BCUT2D eigenvalue weighted by molar-refractivity contribution is 6.08. The van der Waals surface area contributed by atoms with Crippen LogP contribution in [0.15, 0.2) is 65.4 Å². The molecule has 0 saturated carbocycles. The molecule has 1 aliphatic rings. The fourth-order valence-corrected chi connectivity index (χ4v) is 4.93. The fraction of sp³-hybridized carbons (Fsp3) is 0.379. The summed E-state index contributed by atoms with van der Waals surface area (Å²) in [6, 6.07) is 16.1. The molecule has 0 aliphatic carbocycles. The molecule has 0 spiro atoms. The minimum atomic E-state index is -1.11. The Kier molecular flexibility index (Phi) is 7.85. The zero-order valence-corrected chi connectivity index (χ0v) is 22.4. The van der Waals surface area contributed by atoms with Crippen LogP contribution in [-0.2, 0) is 15.1 Å². The first-order chi connectivity index (χ1) is 18.1. The number of benzene rings is 2. The first-order valence-electron chi connectivity index (χ1n) is 12.8. The van der Waals surface area contributed by atoms with Gasteiger partial charge in [0.15, 0.2) is 18.1 Å². The Hall–Kier alpha value is -4.14. The third-order valence-electron chi connectivity index (χ3n) is 6.51. The number of carbonyl (C=O) groups excluding carboxylic acids is 2. The summed E-state index contributed by atoms with van der Waals surface area (Å²) in [6.07, 6.45) is 1.29. The molecule has 2 amide bonds. The molecule has 38 heavy (non-hydrogen) atoms. The maximum atomic E-state index is 14.3. The number of aromatic nitrogens is 1. The number of ether oxygens (including phenoxy) is 1. The Balaban J connectivity index is 1.76. The van der Waals surface area contributed by atoms with Gasteiger partial charge in [-0.25, -0.2) is 9.78 Å². The average molecular weight is 518 g/mol. The highest BCUT2D eigenvalue weighted by atomic mass is 16.5. The van der Waals surface area contributed by atoms with Crippen LogP contribution in [0.3, 0.4) is 0 Å². The zero-order valence-electron chi connectivity index (χ0n) is 22.4. The Labute approximate surface area is 223 Å². The largest absolute Gasteiger partial charge is 0.447 e. The van der Waals surface area contributed by atoms with Gasteiger partial charge in [-0.2, -0.15) is 0 Å². The van der Waals surface area contributed by atoms with Crippen molar-refractivity contribution in [1.29, 1.82) is 5.41 Å². The number of hydrogen-bond acceptors (Lipinski definition) is 6. The first kappa shape index (κ1) is 26.9. The van der Waals surface area contributed by atoms with Gasteiger partial charge in [0.05, 0.1) is 11.7 Å². The maximum Gasteiger partial charge on any atom is 0.407 e. The highest BCUT2D eigenvalue weighted by Gasteiger charge is 2.53. The summed E-state index contributed by atoms with van der Waals surface area (Å²) in [5.41, 5.74) is 1.89. The van der Waals surface area contributed by atoms with Gasteiger partial charge >= 0.3 is 6.09 Å². The number of amides is 2. The van der Waals surface area contributed by atoms with Gasteiger partial charge in [-0.15, -0.1) is 0 Å². The molecule has 1 fully saturated rings. The minimum Gasteiger partial charge on any atom is -0.447 e. The number of alkyl carbamates (subject to hydrolysis) is 1. The molecule has 1 saturated heterocycles. The Morgan fingerprint density at radius 2 is 1.89 bits per heavy atom. The first-order valence-corrected chi connectivity index (χ1v) is 12.8. The number of oxazole rings is 1. The summed E-state index contributed by atoms with van der Waals surface area (Å²) in [4.78, 5) is 32.3. The van der Waals surface area contributed by atoms with Crippen molar-refractivity contribution in [1.82, 2.24) is 20.5 Å². The van der Waals surface area contributed by atoms with E-state index in [1.807, 2.05) is 89.2 Å². The number of aryl methyl sites for hydroxylation is 1. The van der Waals surface area contributed by atoms with Gasteiger partial charge in [0, 0.05) is 11.6 Å². The summed E-state index contributed by atoms with van der Waals surface area (Å²) in [6.45, 7) is 9.49. The fourth-order valence-electron chi connectivity index (χ4n) is 4.93. The van der Waals surface area contributed by atoms with Crippen molar-refractivity contribution in [2.75, 3.05) is 6.61 Å². The number of hydrogen-bond donors (Lipinski definition) is 3. The molecule has 2 heterocycles. The van der Waals surface area contributed by atoms with Crippen LogP contribution in [0.5, 0.6) is 0 Å². The zero-order chi connectivity index (χ0) is 27.4. The summed E-state index contributed by atoms with van der Waals surface area (Å²) < 4.78 is 11.2. The molecule has 2 atom stereocenters. The molecule has 3 N–H and O–H groups in total. The molecule has 2 aromatic carbocycles. The van der Waals surface area contributed by atoms with Crippen molar-refractivity contribution in [3.63, 3.8) is 0 Å². The van der Waals surface area contributed by atoms with E-state index < -0.39 is 17.7 Å². The van der Waals surface area contributed by atoms with Gasteiger partial charge in [0.25, 0.3) is 5.91 Å². The topological polar surface area (TPSA) is 121 Å². The number of carbonyl (C=O) groups is 2. The van der Waals surface area contributed by atoms with E-state index in [-0.39, 0.29) is 30.4 Å². The van der Waals surface area contributed by atoms with E-state index in [0.717, 1.165) is 16.8 Å². The standard InChI is InChI=1S/C29H35N5O4/c1-18(2)15-29(23-12-7-6-8-13-23)26(35)34(27(30)33-29)24(16-37-28(36)32-19(3)4)21-10-9-11-22(14-21)25-20(5)31-17-38-25/h6-14,17-19,24H,15-16H2,1-5H3,(H2,30,33)(H,32,36)/t24-,29-/m1/s1. The SMILES string of the molecule is Cc1ncoc1-c1cccc([C@@H](COC(=O)NC(C)C)N2C(=N)N[C@](CC(C)C)(c3ccccc3)C2=O)c1. The van der Waals surface area contributed by atoms with E-state index in [4.69, 9.17) is 14.6 Å². The second kappa shape index (κ2) is 11.1. The van der Waals surface area contributed by atoms with Crippen LogP contribution in [0.2, 0.25) is 0 Å². The summed E-state index contributed by atoms with van der Waals surface area (Å²) in [5.74, 6) is 0.479. The Morgan fingerprint density at radius 3 is 2.53 bits per heavy atom. The smallest absolute Gasteiger partial charge is 0.407 e. The monoisotopic (exact) mass is 517 g/mol. The molecule has 200 valence electrons. The third kappa shape index (κ3) is 5.41. The van der Waals surface area contributed by atoms with Gasteiger partial charge in [-0.05, 0) is 50.3 Å². The van der Waals surface area contributed by atoms with Crippen LogP contribution in [0.1, 0.15) is 57.0 Å². The van der Waals surface area contributed by atoms with Gasteiger partial charge in [0.2, 0.25) is 0 Å². The van der Waals surface area contributed by atoms with E-state index in [9.17, 15) is 9.59 Å². The van der Waals surface area contributed by atoms with Gasteiger partial charge in [0.1, 0.15) is 12.1 Å². The van der Waals surface area contributed by atoms with Gasteiger partial charge < -0.3 is 19.8 Å². The normalized spacial score (nSPS) is 18.1. The lowest BCUT2D eigenvalue weighted by atomic mass is 9.82. The molecule has 9 heteroatoms. The van der Waals surface area contributed by atoms with Crippen molar-refractivity contribution in [3.05, 3.63) is 77.8 Å².